The van der Waals surface area contributed by atoms with Crippen LogP contribution >= 0.6 is 0 Å². The molecule has 1 aromatic rings. The van der Waals surface area contributed by atoms with Crippen molar-refractivity contribution in [2.45, 2.75) is 19.9 Å². The van der Waals surface area contributed by atoms with Gasteiger partial charge in [-0.1, -0.05) is 0 Å². The highest BCUT2D eigenvalue weighted by Crippen LogP contribution is 2.24. The third-order valence-electron chi connectivity index (χ3n) is 3.36. The van der Waals surface area contributed by atoms with Gasteiger partial charge in [-0.15, -0.1) is 0 Å². The smallest absolute Gasteiger partial charge is 0.227 e. The molecule has 2 N–H and O–H groups in total. The van der Waals surface area contributed by atoms with E-state index in [2.05, 4.69) is 10.6 Å². The van der Waals surface area contributed by atoms with Crippen molar-refractivity contribution in [3.63, 3.8) is 0 Å². The number of carbonyl (C=O) groups is 1. The lowest BCUT2D eigenvalue weighted by Crippen LogP contribution is -2.40. The lowest BCUT2D eigenvalue weighted by molar-refractivity contribution is -0.129. The van der Waals surface area contributed by atoms with E-state index >= 15 is 0 Å². The number of benzene rings is 1. The van der Waals surface area contributed by atoms with Crippen LogP contribution in [0.2, 0.25) is 0 Å². The maximum Gasteiger partial charge on any atom is 0.227 e. The molecule has 1 amide bonds. The summed E-state index contributed by atoms with van der Waals surface area (Å²) >= 11 is 0. The van der Waals surface area contributed by atoms with Gasteiger partial charge in [0.05, 0.1) is 5.41 Å². The molecule has 2 rings (SSSR count). The highest BCUT2D eigenvalue weighted by atomic mass is 19.1. The Labute approximate surface area is 105 Å². The lowest BCUT2D eigenvalue weighted by atomic mass is 9.89. The Morgan fingerprint density at radius 3 is 2.94 bits per heavy atom. The van der Waals surface area contributed by atoms with E-state index in [1.165, 1.54) is 0 Å². The van der Waals surface area contributed by atoms with Gasteiger partial charge in [-0.2, -0.15) is 0 Å². The topological polar surface area (TPSA) is 41.1 Å². The Morgan fingerprint density at radius 2 is 2.28 bits per heavy atom. The fourth-order valence-corrected chi connectivity index (χ4v) is 2.08. The Bertz CT molecular complexity index is 456. The molecule has 0 aromatic heterocycles. The summed E-state index contributed by atoms with van der Waals surface area (Å²) in [5.41, 5.74) is -0.290. The molecule has 1 unspecified atom stereocenters. The summed E-state index contributed by atoms with van der Waals surface area (Å²) in [7, 11) is 0. The van der Waals surface area contributed by atoms with Gasteiger partial charge in [0.25, 0.3) is 0 Å². The van der Waals surface area contributed by atoms with E-state index in [-0.39, 0.29) is 18.0 Å². The molecule has 98 valence electrons. The maximum absolute atomic E-state index is 13.4. The molecule has 1 aromatic carbocycles. The molecule has 1 atom stereocenters. The first-order chi connectivity index (χ1) is 8.51. The first-order valence-electron chi connectivity index (χ1n) is 5.94. The second-order valence-electron chi connectivity index (χ2n) is 4.91. The highest BCUT2D eigenvalue weighted by molar-refractivity contribution is 5.82. The molecule has 3 nitrogen and oxygen atoms in total. The van der Waals surface area contributed by atoms with E-state index < -0.39 is 17.0 Å². The average Bonchev–Trinajstić information content (AvgIpc) is 2.78. The summed E-state index contributed by atoms with van der Waals surface area (Å²) in [5.74, 6) is -1.14. The van der Waals surface area contributed by atoms with Crippen molar-refractivity contribution >= 4 is 5.91 Å². The summed E-state index contributed by atoms with van der Waals surface area (Å²) < 4.78 is 26.3. The minimum atomic E-state index is -0.508. The highest BCUT2D eigenvalue weighted by Gasteiger charge is 2.35. The zero-order valence-corrected chi connectivity index (χ0v) is 10.2. The van der Waals surface area contributed by atoms with E-state index in [9.17, 15) is 13.6 Å². The quantitative estimate of drug-likeness (QED) is 0.860. The van der Waals surface area contributed by atoms with E-state index in [0.717, 1.165) is 31.2 Å². The number of halogens is 2. The van der Waals surface area contributed by atoms with Gasteiger partial charge in [0.1, 0.15) is 11.6 Å². The zero-order chi connectivity index (χ0) is 13.2. The molecule has 1 saturated heterocycles. The standard InChI is InChI=1S/C13H16F2N2O/c1-13(4-5-16-8-13)12(18)17-7-9-6-10(14)2-3-11(9)15/h2-3,6,16H,4-5,7-8H2,1H3,(H,17,18). The summed E-state index contributed by atoms with van der Waals surface area (Å²) in [5, 5.41) is 5.78. The molecule has 1 fully saturated rings. The average molecular weight is 254 g/mol. The van der Waals surface area contributed by atoms with Crippen LogP contribution < -0.4 is 10.6 Å². The molecule has 5 heteroatoms. The van der Waals surface area contributed by atoms with Gasteiger partial charge >= 0.3 is 0 Å². The van der Waals surface area contributed by atoms with Crippen LogP contribution in [0.25, 0.3) is 0 Å². The zero-order valence-electron chi connectivity index (χ0n) is 10.2. The van der Waals surface area contributed by atoms with Gasteiger partial charge in [0.2, 0.25) is 5.91 Å². The third-order valence-corrected chi connectivity index (χ3v) is 3.36. The van der Waals surface area contributed by atoms with Crippen LogP contribution in [0.4, 0.5) is 8.78 Å². The first-order valence-corrected chi connectivity index (χ1v) is 5.94. The minimum absolute atomic E-state index is 0.0119. The van der Waals surface area contributed by atoms with Gasteiger partial charge in [-0.05, 0) is 38.1 Å². The molecule has 0 radical (unpaired) electrons. The van der Waals surface area contributed by atoms with Crippen molar-refractivity contribution < 1.29 is 13.6 Å². The fraction of sp³-hybridized carbons (Fsp3) is 0.462. The Balaban J connectivity index is 1.99. The SMILES string of the molecule is CC1(C(=O)NCc2cc(F)ccc2F)CCNC1. The maximum atomic E-state index is 13.4. The Kier molecular flexibility index (Phi) is 3.61. The van der Waals surface area contributed by atoms with Gasteiger partial charge in [-0.25, -0.2) is 8.78 Å². The van der Waals surface area contributed by atoms with Crippen molar-refractivity contribution in [2.24, 2.45) is 5.41 Å². The molecule has 0 aliphatic carbocycles. The molecule has 1 aliphatic heterocycles. The second-order valence-corrected chi connectivity index (χ2v) is 4.91. The molecule has 0 bridgehead atoms. The van der Waals surface area contributed by atoms with Crippen molar-refractivity contribution in [2.75, 3.05) is 13.1 Å². The van der Waals surface area contributed by atoms with E-state index in [4.69, 9.17) is 0 Å². The van der Waals surface area contributed by atoms with Crippen LogP contribution in [0.5, 0.6) is 0 Å². The molecule has 18 heavy (non-hydrogen) atoms. The monoisotopic (exact) mass is 254 g/mol. The van der Waals surface area contributed by atoms with Crippen molar-refractivity contribution in [1.82, 2.24) is 10.6 Å². The number of rotatable bonds is 3. The molecular weight excluding hydrogens is 238 g/mol. The first kappa shape index (κ1) is 13.0. The van der Waals surface area contributed by atoms with Crippen LogP contribution in [-0.4, -0.2) is 19.0 Å². The second kappa shape index (κ2) is 5.02. The predicted molar refractivity (Wildman–Crippen MR) is 63.8 cm³/mol. The van der Waals surface area contributed by atoms with E-state index in [0.29, 0.717) is 6.54 Å². The summed E-state index contributed by atoms with van der Waals surface area (Å²) in [6.07, 6.45) is 0.754. The van der Waals surface area contributed by atoms with Crippen LogP contribution in [0.3, 0.4) is 0 Å². The normalized spacial score (nSPS) is 23.1. The largest absolute Gasteiger partial charge is 0.351 e. The Morgan fingerprint density at radius 1 is 1.50 bits per heavy atom. The number of hydrogen-bond donors (Lipinski definition) is 2. The summed E-state index contributed by atoms with van der Waals surface area (Å²) in [4.78, 5) is 12.0. The van der Waals surface area contributed by atoms with E-state index in [1.807, 2.05) is 6.92 Å². The van der Waals surface area contributed by atoms with E-state index in [1.54, 1.807) is 0 Å². The molecule has 1 aliphatic rings. The minimum Gasteiger partial charge on any atom is -0.351 e. The van der Waals surface area contributed by atoms with Crippen molar-refractivity contribution in [3.8, 4) is 0 Å². The molecule has 1 heterocycles. The van der Waals surface area contributed by atoms with Gasteiger partial charge in [0, 0.05) is 18.7 Å². The fourth-order valence-electron chi connectivity index (χ4n) is 2.08. The van der Waals surface area contributed by atoms with Crippen LogP contribution in [-0.2, 0) is 11.3 Å². The third kappa shape index (κ3) is 2.67. The van der Waals surface area contributed by atoms with Crippen LogP contribution in [0, 0.1) is 17.0 Å². The number of amides is 1. The van der Waals surface area contributed by atoms with Crippen LogP contribution in [0.15, 0.2) is 18.2 Å². The van der Waals surface area contributed by atoms with Gasteiger partial charge in [0.15, 0.2) is 0 Å². The van der Waals surface area contributed by atoms with Crippen LogP contribution in [0.1, 0.15) is 18.9 Å². The number of hydrogen-bond acceptors (Lipinski definition) is 2. The summed E-state index contributed by atoms with van der Waals surface area (Å²) in [6.45, 7) is 3.30. The van der Waals surface area contributed by atoms with Gasteiger partial charge in [-0.3, -0.25) is 4.79 Å². The lowest BCUT2D eigenvalue weighted by Gasteiger charge is -2.21. The van der Waals surface area contributed by atoms with Crippen molar-refractivity contribution in [1.29, 1.82) is 0 Å². The summed E-state index contributed by atoms with van der Waals surface area (Å²) in [6, 6.07) is 3.23. The molecule has 0 saturated carbocycles. The molecule has 0 spiro atoms. The van der Waals surface area contributed by atoms with Crippen molar-refractivity contribution in [3.05, 3.63) is 35.4 Å². The van der Waals surface area contributed by atoms with Gasteiger partial charge < -0.3 is 10.6 Å². The Hall–Kier alpha value is -1.49. The predicted octanol–water partition coefficient (Wildman–Crippen LogP) is 1.58. The number of carbonyl (C=O) groups excluding carboxylic acids is 1. The molecular formula is C13H16F2N2O. The number of nitrogens with one attached hydrogen (secondary N) is 2.